The van der Waals surface area contributed by atoms with Crippen molar-refractivity contribution in [3.63, 3.8) is 0 Å². The molecule has 11 heteroatoms. The van der Waals surface area contributed by atoms with Crippen LogP contribution >= 0.6 is 0 Å². The number of hydrogen-bond acceptors (Lipinski definition) is 5. The van der Waals surface area contributed by atoms with E-state index in [9.17, 15) is 18.0 Å². The molecular formula is C23H30N6O4S. The Morgan fingerprint density at radius 3 is 2.35 bits per heavy atom. The van der Waals surface area contributed by atoms with Crippen molar-refractivity contribution in [2.45, 2.75) is 57.4 Å². The normalized spacial score (nSPS) is 19.6. The summed E-state index contributed by atoms with van der Waals surface area (Å²) >= 11 is 0. The van der Waals surface area contributed by atoms with Crippen LogP contribution in [0, 0.1) is 0 Å². The first-order valence-corrected chi connectivity index (χ1v) is 13.2. The van der Waals surface area contributed by atoms with Crippen molar-refractivity contribution in [3.05, 3.63) is 40.7 Å². The number of urea groups is 1. The standard InChI is InChI=1S/C23H30N6O4S/c1-27-13-17(9-10-21(27)30)29(18-12-24-28(2)14-18)34(32,33)26-23(31)25-22-19-7-3-5-15(19)11-16-6-4-8-20(16)22/h11-12,14,17H,3-10,13H2,1-2H3,(H2,25,26,31). The largest absolute Gasteiger partial charge is 0.344 e. The summed E-state index contributed by atoms with van der Waals surface area (Å²) in [5, 5.41) is 6.99. The number of anilines is 2. The Morgan fingerprint density at radius 2 is 1.76 bits per heavy atom. The van der Waals surface area contributed by atoms with Crippen LogP contribution in [-0.4, -0.2) is 54.7 Å². The summed E-state index contributed by atoms with van der Waals surface area (Å²) in [6, 6.07) is 0.973. The fourth-order valence-electron chi connectivity index (χ4n) is 5.52. The molecule has 10 nitrogen and oxygen atoms in total. The predicted molar refractivity (Wildman–Crippen MR) is 128 cm³/mol. The lowest BCUT2D eigenvalue weighted by molar-refractivity contribution is -0.132. The first kappa shape index (κ1) is 22.7. The lowest BCUT2D eigenvalue weighted by atomic mass is 9.99. The molecule has 34 heavy (non-hydrogen) atoms. The van der Waals surface area contributed by atoms with Crippen molar-refractivity contribution in [2.24, 2.45) is 7.05 Å². The lowest BCUT2D eigenvalue weighted by Crippen LogP contribution is -2.55. The number of carbonyl (C=O) groups excluding carboxylic acids is 2. The van der Waals surface area contributed by atoms with Gasteiger partial charge >= 0.3 is 16.2 Å². The number of aromatic nitrogens is 2. The summed E-state index contributed by atoms with van der Waals surface area (Å²) in [7, 11) is -0.922. The Kier molecular flexibility index (Phi) is 5.75. The Hall–Kier alpha value is -3.08. The van der Waals surface area contributed by atoms with Gasteiger partial charge < -0.3 is 10.2 Å². The number of nitrogens with zero attached hydrogens (tertiary/aromatic N) is 4. The van der Waals surface area contributed by atoms with Crippen molar-refractivity contribution >= 4 is 33.5 Å². The number of benzene rings is 1. The fourth-order valence-corrected chi connectivity index (χ4v) is 6.84. The van der Waals surface area contributed by atoms with Gasteiger partial charge in [-0.2, -0.15) is 13.5 Å². The van der Waals surface area contributed by atoms with E-state index in [4.69, 9.17) is 0 Å². The summed E-state index contributed by atoms with van der Waals surface area (Å²) in [6.45, 7) is 0.232. The average Bonchev–Trinajstić information content (AvgIpc) is 3.51. The van der Waals surface area contributed by atoms with E-state index in [1.54, 1.807) is 20.3 Å². The topological polar surface area (TPSA) is 117 Å². The van der Waals surface area contributed by atoms with Crippen molar-refractivity contribution in [1.29, 1.82) is 0 Å². The quantitative estimate of drug-likeness (QED) is 0.670. The van der Waals surface area contributed by atoms with E-state index in [1.165, 1.54) is 31.2 Å². The molecule has 2 N–H and O–H groups in total. The molecule has 1 aromatic carbocycles. The van der Waals surface area contributed by atoms with Gasteiger partial charge in [0.25, 0.3) is 0 Å². The van der Waals surface area contributed by atoms with Crippen LogP contribution in [0.5, 0.6) is 0 Å². The molecule has 1 atom stereocenters. The van der Waals surface area contributed by atoms with Crippen LogP contribution < -0.4 is 14.3 Å². The monoisotopic (exact) mass is 486 g/mol. The third-order valence-electron chi connectivity index (χ3n) is 7.07. The number of piperidine rings is 1. The third-order valence-corrected chi connectivity index (χ3v) is 8.54. The lowest BCUT2D eigenvalue weighted by Gasteiger charge is -2.37. The molecule has 0 saturated carbocycles. The summed E-state index contributed by atoms with van der Waals surface area (Å²) in [4.78, 5) is 26.6. The zero-order chi connectivity index (χ0) is 24.0. The van der Waals surface area contributed by atoms with Gasteiger partial charge in [0.1, 0.15) is 0 Å². The van der Waals surface area contributed by atoms with Crippen LogP contribution in [0.2, 0.25) is 0 Å². The second-order valence-corrected chi connectivity index (χ2v) is 11.0. The number of nitrogens with one attached hydrogen (secondary N) is 2. The van der Waals surface area contributed by atoms with E-state index < -0.39 is 22.3 Å². The number of likely N-dealkylation sites (N-methyl/N-ethyl adjacent to an activating group) is 1. The number of fused-ring (bicyclic) bond motifs is 2. The molecule has 182 valence electrons. The minimum atomic E-state index is -4.27. The molecule has 3 amide bonds. The number of aryl methyl sites for hydroxylation is 3. The van der Waals surface area contributed by atoms with Gasteiger partial charge in [-0.25, -0.2) is 13.8 Å². The van der Waals surface area contributed by atoms with Gasteiger partial charge in [-0.1, -0.05) is 6.07 Å². The van der Waals surface area contributed by atoms with Gasteiger partial charge in [0, 0.05) is 38.9 Å². The molecule has 2 aromatic rings. The van der Waals surface area contributed by atoms with Crippen molar-refractivity contribution in [1.82, 2.24) is 19.4 Å². The molecule has 1 unspecified atom stereocenters. The molecule has 1 aromatic heterocycles. The Bertz CT molecular complexity index is 1220. The van der Waals surface area contributed by atoms with Crippen molar-refractivity contribution in [3.8, 4) is 0 Å². The molecular weight excluding hydrogens is 456 g/mol. The average molecular weight is 487 g/mol. The van der Waals surface area contributed by atoms with Crippen LogP contribution in [0.3, 0.4) is 0 Å². The highest BCUT2D eigenvalue weighted by molar-refractivity contribution is 7.91. The maximum atomic E-state index is 13.5. The molecule has 1 saturated heterocycles. The van der Waals surface area contributed by atoms with Crippen LogP contribution in [0.1, 0.15) is 47.9 Å². The maximum Gasteiger partial charge on any atom is 0.334 e. The maximum absolute atomic E-state index is 13.5. The highest BCUT2D eigenvalue weighted by Gasteiger charge is 2.37. The van der Waals surface area contributed by atoms with Gasteiger partial charge in [0.05, 0.1) is 17.9 Å². The van der Waals surface area contributed by atoms with Gasteiger partial charge in [-0.05, 0) is 67.2 Å². The minimum Gasteiger partial charge on any atom is -0.344 e. The van der Waals surface area contributed by atoms with E-state index in [-0.39, 0.29) is 18.9 Å². The smallest absolute Gasteiger partial charge is 0.334 e. The van der Waals surface area contributed by atoms with Gasteiger partial charge in [-0.3, -0.25) is 9.48 Å². The molecule has 0 radical (unpaired) electrons. The van der Waals surface area contributed by atoms with E-state index >= 15 is 0 Å². The zero-order valence-electron chi connectivity index (χ0n) is 19.5. The second kappa shape index (κ2) is 8.61. The SMILES string of the molecule is CN1CC(N(c2cnn(C)c2)S(=O)(=O)NC(=O)Nc2c3c(cc4c2CCC4)CCC3)CCC1=O. The second-order valence-electron chi connectivity index (χ2n) is 9.43. The minimum absolute atomic E-state index is 0.0303. The number of carbonyl (C=O) groups is 2. The van der Waals surface area contributed by atoms with Gasteiger partial charge in [-0.15, -0.1) is 0 Å². The van der Waals surface area contributed by atoms with E-state index in [0.29, 0.717) is 12.1 Å². The number of amides is 3. The highest BCUT2D eigenvalue weighted by Crippen LogP contribution is 2.38. The van der Waals surface area contributed by atoms with Crippen LogP contribution in [0.15, 0.2) is 18.5 Å². The summed E-state index contributed by atoms with van der Waals surface area (Å²) in [5.41, 5.74) is 5.90. The zero-order valence-corrected chi connectivity index (χ0v) is 20.3. The number of likely N-dealkylation sites (tertiary alicyclic amines) is 1. The molecule has 2 heterocycles. The molecule has 1 aliphatic heterocycles. The van der Waals surface area contributed by atoms with E-state index in [1.807, 2.05) is 0 Å². The Morgan fingerprint density at radius 1 is 1.09 bits per heavy atom. The molecule has 1 fully saturated rings. The van der Waals surface area contributed by atoms with Gasteiger partial charge in [0.15, 0.2) is 0 Å². The van der Waals surface area contributed by atoms with E-state index in [2.05, 4.69) is 21.2 Å². The highest BCUT2D eigenvalue weighted by atomic mass is 32.2. The molecule has 2 aliphatic carbocycles. The molecule has 3 aliphatic rings. The molecule has 0 bridgehead atoms. The first-order valence-electron chi connectivity index (χ1n) is 11.7. The van der Waals surface area contributed by atoms with Crippen molar-refractivity contribution < 1.29 is 18.0 Å². The van der Waals surface area contributed by atoms with E-state index in [0.717, 1.165) is 55.3 Å². The first-order chi connectivity index (χ1) is 16.2. The van der Waals surface area contributed by atoms with Crippen LogP contribution in [0.4, 0.5) is 16.2 Å². The number of hydrogen-bond donors (Lipinski definition) is 2. The summed E-state index contributed by atoms with van der Waals surface area (Å²) in [5.74, 6) is -0.0303. The Labute approximate surface area is 199 Å². The predicted octanol–water partition coefficient (Wildman–Crippen LogP) is 1.89. The molecule has 5 rings (SSSR count). The van der Waals surface area contributed by atoms with Crippen LogP contribution in [0.25, 0.3) is 0 Å². The summed E-state index contributed by atoms with van der Waals surface area (Å²) < 4.78 is 31.9. The fraction of sp³-hybridized carbons (Fsp3) is 0.522. The Balaban J connectivity index is 1.41. The third kappa shape index (κ3) is 4.13. The summed E-state index contributed by atoms with van der Waals surface area (Å²) in [6.07, 6.45) is 9.45. The van der Waals surface area contributed by atoms with Crippen molar-refractivity contribution in [2.75, 3.05) is 23.2 Å². The van der Waals surface area contributed by atoms with Crippen LogP contribution in [-0.2, 0) is 47.7 Å². The molecule has 0 spiro atoms. The number of rotatable bonds is 5. The van der Waals surface area contributed by atoms with Gasteiger partial charge in [0.2, 0.25) is 5.91 Å².